The maximum absolute atomic E-state index is 12.2. The Morgan fingerprint density at radius 2 is 2.12 bits per heavy atom. The van der Waals surface area contributed by atoms with Crippen molar-refractivity contribution in [3.63, 3.8) is 0 Å². The Morgan fingerprint density at radius 1 is 1.56 bits per heavy atom. The topological polar surface area (TPSA) is 70.1 Å². The fraction of sp³-hybridized carbons (Fsp3) is 0.636. The van der Waals surface area contributed by atoms with Crippen LogP contribution in [0, 0.1) is 5.41 Å². The van der Waals surface area contributed by atoms with Crippen molar-refractivity contribution in [1.82, 2.24) is 9.78 Å². The molecular weight excluding hydrogens is 206 g/mol. The Hall–Kier alpha value is -1.36. The molecular formula is C11H19N3O2. The van der Waals surface area contributed by atoms with Gasteiger partial charge in [0.1, 0.15) is 5.69 Å². The number of aromatic nitrogens is 2. The molecule has 1 aromatic heterocycles. The number of ketones is 1. The molecule has 0 saturated heterocycles. The first-order valence-corrected chi connectivity index (χ1v) is 5.14. The van der Waals surface area contributed by atoms with Crippen molar-refractivity contribution < 1.29 is 9.53 Å². The van der Waals surface area contributed by atoms with Crippen molar-refractivity contribution in [2.45, 2.75) is 26.8 Å². The number of rotatable bonds is 3. The zero-order valence-electron chi connectivity index (χ0n) is 10.4. The number of ether oxygens (including phenoxy) is 1. The lowest BCUT2D eigenvalue weighted by Crippen LogP contribution is -2.43. The molecule has 1 atom stereocenters. The molecule has 0 aliphatic heterocycles. The zero-order valence-corrected chi connectivity index (χ0v) is 10.4. The van der Waals surface area contributed by atoms with Crippen molar-refractivity contribution >= 4 is 5.78 Å². The second-order valence-corrected chi connectivity index (χ2v) is 4.89. The maximum atomic E-state index is 12.2. The fourth-order valence-electron chi connectivity index (χ4n) is 1.39. The maximum Gasteiger partial charge on any atom is 0.201 e. The van der Waals surface area contributed by atoms with Gasteiger partial charge in [-0.25, -0.2) is 0 Å². The fourth-order valence-corrected chi connectivity index (χ4v) is 1.39. The van der Waals surface area contributed by atoms with Crippen LogP contribution in [0.25, 0.3) is 0 Å². The summed E-state index contributed by atoms with van der Waals surface area (Å²) in [6.07, 6.45) is 1.52. The van der Waals surface area contributed by atoms with Crippen LogP contribution < -0.4 is 10.5 Å². The Balaban J connectivity index is 3.09. The lowest BCUT2D eigenvalue weighted by molar-refractivity contribution is 0.0888. The molecule has 90 valence electrons. The largest absolute Gasteiger partial charge is 0.493 e. The molecule has 0 spiro atoms. The van der Waals surface area contributed by atoms with Gasteiger partial charge in [-0.1, -0.05) is 20.8 Å². The Morgan fingerprint density at radius 3 is 2.56 bits per heavy atom. The highest BCUT2D eigenvalue weighted by atomic mass is 16.5. The monoisotopic (exact) mass is 225 g/mol. The molecule has 0 fully saturated rings. The van der Waals surface area contributed by atoms with Crippen LogP contribution in [0.3, 0.4) is 0 Å². The van der Waals surface area contributed by atoms with Gasteiger partial charge in [0.2, 0.25) is 5.78 Å². The molecule has 0 amide bonds. The van der Waals surface area contributed by atoms with Crippen LogP contribution in [0.5, 0.6) is 5.75 Å². The molecule has 0 radical (unpaired) electrons. The number of carbonyl (C=O) groups is 1. The van der Waals surface area contributed by atoms with Crippen molar-refractivity contribution in [3.05, 3.63) is 11.9 Å². The number of methoxy groups -OCH3 is 1. The molecule has 2 N–H and O–H groups in total. The number of nitrogens with two attached hydrogens (primary N) is 1. The second kappa shape index (κ2) is 4.25. The summed E-state index contributed by atoms with van der Waals surface area (Å²) in [6.45, 7) is 5.79. The summed E-state index contributed by atoms with van der Waals surface area (Å²) in [5, 5.41) is 3.99. The van der Waals surface area contributed by atoms with E-state index in [0.29, 0.717) is 11.4 Å². The van der Waals surface area contributed by atoms with Gasteiger partial charge < -0.3 is 10.5 Å². The SMILES string of the molecule is COc1cnn(C)c1C(=O)C(N)C(C)(C)C. The highest BCUT2D eigenvalue weighted by molar-refractivity contribution is 6.01. The highest BCUT2D eigenvalue weighted by Crippen LogP contribution is 2.24. The first-order chi connectivity index (χ1) is 7.29. The van der Waals surface area contributed by atoms with Crippen LogP contribution in [0.4, 0.5) is 0 Å². The first-order valence-electron chi connectivity index (χ1n) is 5.14. The van der Waals surface area contributed by atoms with Gasteiger partial charge in [0, 0.05) is 7.05 Å². The molecule has 1 rings (SSSR count). The van der Waals surface area contributed by atoms with E-state index in [4.69, 9.17) is 10.5 Å². The van der Waals surface area contributed by atoms with Gasteiger partial charge in [0.15, 0.2) is 5.75 Å². The van der Waals surface area contributed by atoms with E-state index in [9.17, 15) is 4.79 Å². The van der Waals surface area contributed by atoms with Crippen molar-refractivity contribution in [2.24, 2.45) is 18.2 Å². The Labute approximate surface area is 95.6 Å². The van der Waals surface area contributed by atoms with Crippen molar-refractivity contribution in [2.75, 3.05) is 7.11 Å². The van der Waals surface area contributed by atoms with E-state index in [1.165, 1.54) is 18.0 Å². The lowest BCUT2D eigenvalue weighted by atomic mass is 9.84. The van der Waals surface area contributed by atoms with Crippen LogP contribution in [0.1, 0.15) is 31.3 Å². The van der Waals surface area contributed by atoms with E-state index < -0.39 is 6.04 Å². The van der Waals surface area contributed by atoms with Gasteiger partial charge in [0.25, 0.3) is 0 Å². The predicted octanol–water partition coefficient (Wildman–Crippen LogP) is 0.985. The van der Waals surface area contributed by atoms with Crippen molar-refractivity contribution in [3.8, 4) is 5.75 Å². The van der Waals surface area contributed by atoms with E-state index in [1.807, 2.05) is 20.8 Å². The molecule has 0 aliphatic carbocycles. The van der Waals surface area contributed by atoms with Gasteiger partial charge in [-0.15, -0.1) is 0 Å². The average Bonchev–Trinajstić information content (AvgIpc) is 2.56. The summed E-state index contributed by atoms with van der Waals surface area (Å²) in [7, 11) is 3.21. The van der Waals surface area contributed by atoms with Gasteiger partial charge in [0.05, 0.1) is 19.3 Å². The highest BCUT2D eigenvalue weighted by Gasteiger charge is 2.31. The third-order valence-electron chi connectivity index (χ3n) is 2.57. The van der Waals surface area contributed by atoms with Crippen LogP contribution in [0.15, 0.2) is 6.20 Å². The molecule has 0 aromatic carbocycles. The van der Waals surface area contributed by atoms with Crippen LogP contribution in [0.2, 0.25) is 0 Å². The zero-order chi connectivity index (χ0) is 12.5. The third kappa shape index (κ3) is 2.24. The number of nitrogens with zero attached hydrogens (tertiary/aromatic N) is 2. The quantitative estimate of drug-likeness (QED) is 0.779. The summed E-state index contributed by atoms with van der Waals surface area (Å²) < 4.78 is 6.58. The van der Waals surface area contributed by atoms with E-state index >= 15 is 0 Å². The normalized spacial score (nSPS) is 13.6. The van der Waals surface area contributed by atoms with Crippen LogP contribution in [-0.4, -0.2) is 28.7 Å². The predicted molar refractivity (Wildman–Crippen MR) is 61.5 cm³/mol. The van der Waals surface area contributed by atoms with E-state index in [0.717, 1.165) is 0 Å². The third-order valence-corrected chi connectivity index (χ3v) is 2.57. The average molecular weight is 225 g/mol. The van der Waals surface area contributed by atoms with Crippen LogP contribution >= 0.6 is 0 Å². The summed E-state index contributed by atoms with van der Waals surface area (Å²) in [5.41, 5.74) is 6.07. The van der Waals surface area contributed by atoms with Gasteiger partial charge >= 0.3 is 0 Å². The minimum atomic E-state index is -0.572. The molecule has 5 heteroatoms. The molecule has 5 nitrogen and oxygen atoms in total. The van der Waals surface area contributed by atoms with E-state index in [1.54, 1.807) is 7.05 Å². The standard InChI is InChI=1S/C11H19N3O2/c1-11(2,3)10(12)9(15)8-7(16-5)6-13-14(8)4/h6,10H,12H2,1-5H3. The number of Topliss-reactive ketones (excluding diaryl/α,β-unsaturated/α-hetero) is 1. The van der Waals surface area contributed by atoms with Gasteiger partial charge in [-0.05, 0) is 5.41 Å². The van der Waals surface area contributed by atoms with Crippen molar-refractivity contribution in [1.29, 1.82) is 0 Å². The van der Waals surface area contributed by atoms with Gasteiger partial charge in [-0.2, -0.15) is 5.10 Å². The minimum absolute atomic E-state index is 0.149. The number of aryl methyl sites for hydroxylation is 1. The Bertz CT molecular complexity index is 390. The molecule has 1 aromatic rings. The first kappa shape index (κ1) is 12.7. The lowest BCUT2D eigenvalue weighted by Gasteiger charge is -2.25. The molecule has 0 saturated carbocycles. The van der Waals surface area contributed by atoms with Gasteiger partial charge in [-0.3, -0.25) is 9.48 Å². The summed E-state index contributed by atoms with van der Waals surface area (Å²) >= 11 is 0. The summed E-state index contributed by atoms with van der Waals surface area (Å²) in [4.78, 5) is 12.2. The smallest absolute Gasteiger partial charge is 0.201 e. The molecule has 1 heterocycles. The summed E-state index contributed by atoms with van der Waals surface area (Å²) in [5.74, 6) is 0.316. The minimum Gasteiger partial charge on any atom is -0.493 e. The molecule has 0 aliphatic rings. The molecule has 1 unspecified atom stereocenters. The number of carbonyl (C=O) groups excluding carboxylic acids is 1. The second-order valence-electron chi connectivity index (χ2n) is 4.89. The Kier molecular flexibility index (Phi) is 3.38. The molecule has 0 bridgehead atoms. The van der Waals surface area contributed by atoms with E-state index in [-0.39, 0.29) is 11.2 Å². The number of hydrogen-bond donors (Lipinski definition) is 1. The summed E-state index contributed by atoms with van der Waals surface area (Å²) in [6, 6.07) is -0.572. The molecule has 16 heavy (non-hydrogen) atoms. The number of hydrogen-bond acceptors (Lipinski definition) is 4. The van der Waals surface area contributed by atoms with E-state index in [2.05, 4.69) is 5.10 Å². The van der Waals surface area contributed by atoms with Crippen LogP contribution in [-0.2, 0) is 7.05 Å².